The summed E-state index contributed by atoms with van der Waals surface area (Å²) in [6.07, 6.45) is 0. The minimum atomic E-state index is 0.602. The second-order valence-electron chi connectivity index (χ2n) is 3.69. The summed E-state index contributed by atoms with van der Waals surface area (Å²) in [6, 6.07) is 7.55. The Labute approximate surface area is 158 Å². The van der Waals surface area contributed by atoms with Crippen LogP contribution in [-0.2, 0) is 0 Å². The van der Waals surface area contributed by atoms with Gasteiger partial charge in [0.15, 0.2) is 11.5 Å². The number of hydrogen-bond acceptors (Lipinski definition) is 2. The van der Waals surface area contributed by atoms with Gasteiger partial charge < -0.3 is 9.47 Å². The normalized spacial score (nSPS) is 10.5. The van der Waals surface area contributed by atoms with Gasteiger partial charge in [0.25, 0.3) is 0 Å². The molecule has 2 aromatic carbocycles. The van der Waals surface area contributed by atoms with E-state index in [9.17, 15) is 0 Å². The molecule has 0 fully saturated rings. The van der Waals surface area contributed by atoms with Crippen molar-refractivity contribution in [1.82, 2.24) is 0 Å². The fourth-order valence-electron chi connectivity index (χ4n) is 1.47. The van der Waals surface area contributed by atoms with Crippen LogP contribution >= 0.6 is 79.6 Å². The lowest BCUT2D eigenvalue weighted by Crippen LogP contribution is -1.93. The van der Waals surface area contributed by atoms with Gasteiger partial charge in [-0.05, 0) is 88.0 Å². The van der Waals surface area contributed by atoms with Crippen LogP contribution in [0.3, 0.4) is 0 Å². The van der Waals surface area contributed by atoms with Gasteiger partial charge in [-0.15, -0.1) is 0 Å². The van der Waals surface area contributed by atoms with Gasteiger partial charge in [0.05, 0.1) is 16.1 Å². The molecule has 0 aromatic heterocycles. The van der Waals surface area contributed by atoms with E-state index in [-0.39, 0.29) is 0 Å². The van der Waals surface area contributed by atoms with Gasteiger partial charge in [0.1, 0.15) is 5.75 Å². The fourth-order valence-corrected chi connectivity index (χ4v) is 4.06. The van der Waals surface area contributed by atoms with Gasteiger partial charge in [-0.3, -0.25) is 0 Å². The Hall–Kier alpha value is 0.440. The zero-order valence-corrected chi connectivity index (χ0v) is 17.9. The summed E-state index contributed by atoms with van der Waals surface area (Å²) in [5, 5.41) is 0. The molecule has 0 aliphatic heterocycles. The largest absolute Gasteiger partial charge is 0.493 e. The van der Waals surface area contributed by atoms with Gasteiger partial charge in [0.2, 0.25) is 0 Å². The molecule has 0 aliphatic carbocycles. The van der Waals surface area contributed by atoms with Crippen molar-refractivity contribution in [2.75, 3.05) is 7.11 Å². The number of methoxy groups -OCH3 is 1. The quantitative estimate of drug-likeness (QED) is 0.347. The summed E-state index contributed by atoms with van der Waals surface area (Å²) in [5.74, 6) is 1.92. The van der Waals surface area contributed by atoms with E-state index in [1.165, 1.54) is 0 Å². The lowest BCUT2D eigenvalue weighted by Gasteiger charge is -2.15. The van der Waals surface area contributed by atoms with Crippen molar-refractivity contribution in [2.45, 2.75) is 0 Å². The second kappa shape index (κ2) is 7.13. The number of halogens is 5. The van der Waals surface area contributed by atoms with Crippen LogP contribution in [0.25, 0.3) is 0 Å². The Balaban J connectivity index is 2.50. The summed E-state index contributed by atoms with van der Waals surface area (Å²) >= 11 is 17.3. The van der Waals surface area contributed by atoms with Crippen LogP contribution in [0.5, 0.6) is 17.2 Å². The number of ether oxygens (including phenoxy) is 2. The van der Waals surface area contributed by atoms with Crippen molar-refractivity contribution in [3.05, 3.63) is 46.6 Å². The first-order valence-corrected chi connectivity index (χ1v) is 9.25. The third kappa shape index (κ3) is 3.61. The zero-order valence-electron chi connectivity index (χ0n) is 10.0. The van der Waals surface area contributed by atoms with Crippen molar-refractivity contribution >= 4 is 79.6 Å². The summed E-state index contributed by atoms with van der Waals surface area (Å²) in [7, 11) is 1.60. The van der Waals surface area contributed by atoms with Gasteiger partial charge >= 0.3 is 0 Å². The summed E-state index contributed by atoms with van der Waals surface area (Å²) < 4.78 is 15.7. The molecule has 0 amide bonds. The molecule has 0 saturated carbocycles. The Morgan fingerprint density at radius 3 is 2.10 bits per heavy atom. The third-order valence-electron chi connectivity index (χ3n) is 2.41. The molecule has 0 unspecified atom stereocenters. The molecular weight excluding hydrogens is 588 g/mol. The van der Waals surface area contributed by atoms with Gasteiger partial charge in [0, 0.05) is 13.4 Å². The van der Waals surface area contributed by atoms with Gasteiger partial charge in [-0.2, -0.15) is 0 Å². The molecule has 0 saturated heterocycles. The molecule has 0 radical (unpaired) electrons. The molecule has 0 aliphatic rings. The molecule has 2 nitrogen and oxygen atoms in total. The maximum Gasteiger partial charge on any atom is 0.184 e. The Bertz CT molecular complexity index is 658. The van der Waals surface area contributed by atoms with Gasteiger partial charge in [-0.1, -0.05) is 15.9 Å². The van der Waals surface area contributed by atoms with E-state index >= 15 is 0 Å². The molecule has 7 heteroatoms. The molecule has 0 N–H and O–H groups in total. The van der Waals surface area contributed by atoms with Crippen molar-refractivity contribution in [3.63, 3.8) is 0 Å². The van der Waals surface area contributed by atoms with Crippen molar-refractivity contribution in [1.29, 1.82) is 0 Å². The van der Waals surface area contributed by atoms with Crippen LogP contribution in [0.15, 0.2) is 46.6 Å². The zero-order chi connectivity index (χ0) is 14.9. The highest BCUT2D eigenvalue weighted by Crippen LogP contribution is 2.47. The standard InChI is InChI=1S/C13H7Br5O2/c1-19-10-5-8(16)11(17)12(18)13(10)20-9-3-2-6(14)4-7(9)15/h2-5H,1H3. The molecular formula is C13H7Br5O2. The minimum Gasteiger partial charge on any atom is -0.493 e. The van der Waals surface area contributed by atoms with Crippen molar-refractivity contribution in [3.8, 4) is 17.2 Å². The van der Waals surface area contributed by atoms with E-state index in [0.717, 1.165) is 22.4 Å². The lowest BCUT2D eigenvalue weighted by atomic mass is 10.3. The van der Waals surface area contributed by atoms with Crippen LogP contribution in [0.2, 0.25) is 0 Å². The van der Waals surface area contributed by atoms with Crippen LogP contribution in [0.4, 0.5) is 0 Å². The van der Waals surface area contributed by atoms with E-state index in [1.807, 2.05) is 24.3 Å². The van der Waals surface area contributed by atoms with E-state index in [0.29, 0.717) is 17.2 Å². The topological polar surface area (TPSA) is 18.5 Å². The smallest absolute Gasteiger partial charge is 0.184 e. The fraction of sp³-hybridized carbons (Fsp3) is 0.0769. The average molecular weight is 595 g/mol. The molecule has 2 aromatic rings. The number of rotatable bonds is 3. The van der Waals surface area contributed by atoms with Crippen LogP contribution in [0, 0.1) is 0 Å². The Morgan fingerprint density at radius 1 is 0.800 bits per heavy atom. The first-order valence-electron chi connectivity index (χ1n) is 5.28. The molecule has 0 atom stereocenters. The predicted octanol–water partition coefficient (Wildman–Crippen LogP) is 7.30. The Morgan fingerprint density at radius 2 is 1.50 bits per heavy atom. The highest BCUT2D eigenvalue weighted by atomic mass is 79.9. The maximum atomic E-state index is 5.96. The van der Waals surface area contributed by atoms with E-state index < -0.39 is 0 Å². The SMILES string of the molecule is COc1cc(Br)c(Br)c(Br)c1Oc1ccc(Br)cc1Br. The van der Waals surface area contributed by atoms with E-state index in [1.54, 1.807) is 7.11 Å². The molecule has 0 heterocycles. The third-order valence-corrected chi connectivity index (χ3v) is 6.79. The first kappa shape index (κ1) is 16.8. The maximum absolute atomic E-state index is 5.96. The van der Waals surface area contributed by atoms with E-state index in [4.69, 9.17) is 9.47 Å². The summed E-state index contributed by atoms with van der Waals surface area (Å²) in [5.41, 5.74) is 0. The predicted molar refractivity (Wildman–Crippen MR) is 98.0 cm³/mol. The van der Waals surface area contributed by atoms with Gasteiger partial charge in [-0.25, -0.2) is 0 Å². The van der Waals surface area contributed by atoms with Crippen molar-refractivity contribution in [2.24, 2.45) is 0 Å². The highest BCUT2D eigenvalue weighted by Gasteiger charge is 2.17. The average Bonchev–Trinajstić information content (AvgIpc) is 2.41. The first-order chi connectivity index (χ1) is 9.43. The van der Waals surface area contributed by atoms with Crippen LogP contribution in [0.1, 0.15) is 0 Å². The summed E-state index contributed by atoms with van der Waals surface area (Å²) in [4.78, 5) is 0. The van der Waals surface area contributed by atoms with E-state index in [2.05, 4.69) is 79.6 Å². The Kier molecular flexibility index (Phi) is 5.99. The van der Waals surface area contributed by atoms with Crippen molar-refractivity contribution < 1.29 is 9.47 Å². The molecule has 2 rings (SSSR count). The lowest BCUT2D eigenvalue weighted by molar-refractivity contribution is 0.376. The molecule has 0 spiro atoms. The summed E-state index contributed by atoms with van der Waals surface area (Å²) in [6.45, 7) is 0. The number of benzene rings is 2. The van der Waals surface area contributed by atoms with Crippen LogP contribution in [-0.4, -0.2) is 7.11 Å². The monoisotopic (exact) mass is 590 g/mol. The number of hydrogen-bond donors (Lipinski definition) is 0. The molecule has 106 valence electrons. The van der Waals surface area contributed by atoms with Crippen LogP contribution < -0.4 is 9.47 Å². The highest BCUT2D eigenvalue weighted by molar-refractivity contribution is 9.14. The molecule has 20 heavy (non-hydrogen) atoms. The minimum absolute atomic E-state index is 0.602. The molecule has 0 bridgehead atoms. The second-order valence-corrected chi connectivity index (χ2v) is 7.90.